The molecule has 1 heterocycles. The summed E-state index contributed by atoms with van der Waals surface area (Å²) in [6.45, 7) is 3.37. The molecule has 0 saturated heterocycles. The van der Waals surface area contributed by atoms with Crippen LogP contribution < -0.4 is 10.6 Å². The number of nitrogens with one attached hydrogen (secondary N) is 2. The molecule has 0 fully saturated rings. The molecule has 0 aliphatic carbocycles. The fourth-order valence-corrected chi connectivity index (χ4v) is 2.10. The first-order chi connectivity index (χ1) is 9.04. The molecule has 0 unspecified atom stereocenters. The zero-order valence-corrected chi connectivity index (χ0v) is 11.6. The topological polar surface area (TPSA) is 78.4 Å². The first kappa shape index (κ1) is 15.2. The van der Waals surface area contributed by atoms with E-state index in [1.807, 2.05) is 13.8 Å². The molecule has 0 atom stereocenters. The van der Waals surface area contributed by atoms with Crippen LogP contribution in [0.25, 0.3) is 0 Å². The highest BCUT2D eigenvalue weighted by molar-refractivity contribution is 7.12. The van der Waals surface area contributed by atoms with E-state index in [4.69, 9.17) is 5.11 Å². The van der Waals surface area contributed by atoms with Crippen LogP contribution in [-0.4, -0.2) is 36.1 Å². The van der Waals surface area contributed by atoms with Gasteiger partial charge in [0, 0.05) is 11.6 Å². The minimum atomic E-state index is -0.337. The molecule has 102 valence electrons. The van der Waals surface area contributed by atoms with Crippen LogP contribution in [0.1, 0.15) is 29.1 Å². The van der Waals surface area contributed by atoms with E-state index in [9.17, 15) is 9.59 Å². The Labute approximate surface area is 116 Å². The fraction of sp³-hybridized carbons (Fsp3) is 0.385. The summed E-state index contributed by atoms with van der Waals surface area (Å²) >= 11 is 1.25. The van der Waals surface area contributed by atoms with Crippen molar-refractivity contribution in [2.45, 2.75) is 19.9 Å². The first-order valence-corrected chi connectivity index (χ1v) is 6.67. The summed E-state index contributed by atoms with van der Waals surface area (Å²) in [4.78, 5) is 23.7. The van der Waals surface area contributed by atoms with E-state index in [2.05, 4.69) is 22.5 Å². The van der Waals surface area contributed by atoms with Gasteiger partial charge in [0.1, 0.15) is 11.5 Å². The monoisotopic (exact) mass is 280 g/mol. The van der Waals surface area contributed by atoms with Crippen LogP contribution in [0, 0.1) is 11.8 Å². The standard InChI is InChI=1S/C13H16N2O3S/c1-9(2)15-11(17)8-14-13(18)12-10(4-3-6-16)5-7-19-12/h5,7,9,16H,6,8H2,1-2H3,(H,14,18)(H,15,17). The van der Waals surface area contributed by atoms with Crippen LogP contribution in [0.5, 0.6) is 0 Å². The van der Waals surface area contributed by atoms with E-state index < -0.39 is 0 Å². The van der Waals surface area contributed by atoms with Gasteiger partial charge in [0.15, 0.2) is 0 Å². The van der Waals surface area contributed by atoms with Gasteiger partial charge in [0.25, 0.3) is 5.91 Å². The van der Waals surface area contributed by atoms with E-state index in [-0.39, 0.29) is 31.0 Å². The highest BCUT2D eigenvalue weighted by atomic mass is 32.1. The maximum Gasteiger partial charge on any atom is 0.263 e. The van der Waals surface area contributed by atoms with Crippen LogP contribution in [0.3, 0.4) is 0 Å². The quantitative estimate of drug-likeness (QED) is 0.696. The van der Waals surface area contributed by atoms with Gasteiger partial charge < -0.3 is 15.7 Å². The molecule has 6 heteroatoms. The van der Waals surface area contributed by atoms with E-state index in [0.717, 1.165) is 0 Å². The lowest BCUT2D eigenvalue weighted by Crippen LogP contribution is -2.39. The number of carbonyl (C=O) groups is 2. The summed E-state index contributed by atoms with van der Waals surface area (Å²) in [6.07, 6.45) is 0. The molecule has 1 aromatic rings. The van der Waals surface area contributed by atoms with Crippen molar-refractivity contribution in [1.82, 2.24) is 10.6 Å². The van der Waals surface area contributed by atoms with Crippen molar-refractivity contribution in [1.29, 1.82) is 0 Å². The number of thiophene rings is 1. The molecule has 0 bridgehead atoms. The van der Waals surface area contributed by atoms with Gasteiger partial charge in [0.05, 0.1) is 6.54 Å². The van der Waals surface area contributed by atoms with Crippen LogP contribution in [-0.2, 0) is 4.79 Å². The molecule has 3 N–H and O–H groups in total. The smallest absolute Gasteiger partial charge is 0.263 e. The Hall–Kier alpha value is -1.84. The summed E-state index contributed by atoms with van der Waals surface area (Å²) in [6, 6.07) is 1.74. The van der Waals surface area contributed by atoms with Gasteiger partial charge in [0.2, 0.25) is 5.91 Å². The largest absolute Gasteiger partial charge is 0.384 e. The SMILES string of the molecule is CC(C)NC(=O)CNC(=O)c1sccc1C#CCO. The van der Waals surface area contributed by atoms with Gasteiger partial charge in [-0.15, -0.1) is 11.3 Å². The Bertz CT molecular complexity index is 511. The third-order valence-corrected chi connectivity index (χ3v) is 2.95. The predicted molar refractivity (Wildman–Crippen MR) is 73.9 cm³/mol. The highest BCUT2D eigenvalue weighted by Gasteiger charge is 2.13. The maximum absolute atomic E-state index is 11.9. The molecule has 2 amide bonds. The van der Waals surface area contributed by atoms with Crippen LogP contribution in [0.2, 0.25) is 0 Å². The molecular formula is C13H16N2O3S. The molecule has 0 aromatic carbocycles. The molecule has 0 radical (unpaired) electrons. The fourth-order valence-electron chi connectivity index (χ4n) is 1.33. The number of amides is 2. The minimum absolute atomic E-state index is 0.0390. The Morgan fingerprint density at radius 2 is 2.21 bits per heavy atom. The molecule has 1 rings (SSSR count). The lowest BCUT2D eigenvalue weighted by molar-refractivity contribution is -0.120. The Balaban J connectivity index is 2.59. The van der Waals surface area contributed by atoms with Gasteiger partial charge >= 0.3 is 0 Å². The summed E-state index contributed by atoms with van der Waals surface area (Å²) in [5.74, 6) is 4.61. The van der Waals surface area contributed by atoms with Crippen molar-refractivity contribution < 1.29 is 14.7 Å². The van der Waals surface area contributed by atoms with E-state index in [0.29, 0.717) is 10.4 Å². The van der Waals surface area contributed by atoms with Crippen molar-refractivity contribution in [3.8, 4) is 11.8 Å². The lowest BCUT2D eigenvalue weighted by Gasteiger charge is -2.08. The Morgan fingerprint density at radius 3 is 2.84 bits per heavy atom. The average molecular weight is 280 g/mol. The van der Waals surface area contributed by atoms with Crippen molar-refractivity contribution >= 4 is 23.2 Å². The van der Waals surface area contributed by atoms with Gasteiger partial charge in [-0.1, -0.05) is 11.8 Å². The van der Waals surface area contributed by atoms with Crippen LogP contribution >= 0.6 is 11.3 Å². The van der Waals surface area contributed by atoms with Crippen molar-refractivity contribution in [2.75, 3.05) is 13.2 Å². The van der Waals surface area contributed by atoms with Crippen LogP contribution in [0.15, 0.2) is 11.4 Å². The summed E-state index contributed by atoms with van der Waals surface area (Å²) in [7, 11) is 0. The van der Waals surface area contributed by atoms with Gasteiger partial charge in [-0.05, 0) is 25.3 Å². The second-order valence-corrected chi connectivity index (χ2v) is 4.94. The summed E-state index contributed by atoms with van der Waals surface area (Å²) < 4.78 is 0. The van der Waals surface area contributed by atoms with Gasteiger partial charge in [-0.25, -0.2) is 0 Å². The molecular weight excluding hydrogens is 264 g/mol. The third-order valence-electron chi connectivity index (χ3n) is 2.03. The van der Waals surface area contributed by atoms with E-state index in [1.165, 1.54) is 11.3 Å². The average Bonchev–Trinajstić information content (AvgIpc) is 2.80. The molecule has 5 nitrogen and oxygen atoms in total. The number of rotatable bonds is 4. The van der Waals surface area contributed by atoms with Crippen molar-refractivity contribution in [3.63, 3.8) is 0 Å². The molecule has 19 heavy (non-hydrogen) atoms. The third kappa shape index (κ3) is 5.12. The van der Waals surface area contributed by atoms with Crippen LogP contribution in [0.4, 0.5) is 0 Å². The second-order valence-electron chi connectivity index (χ2n) is 4.03. The second kappa shape index (κ2) is 7.56. The first-order valence-electron chi connectivity index (χ1n) is 5.79. The number of carbonyl (C=O) groups excluding carboxylic acids is 2. The predicted octanol–water partition coefficient (Wildman–Crippen LogP) is 0.346. The molecule has 0 aliphatic heterocycles. The minimum Gasteiger partial charge on any atom is -0.384 e. The summed E-state index contributed by atoms with van der Waals surface area (Å²) in [5.41, 5.74) is 0.556. The Morgan fingerprint density at radius 1 is 1.47 bits per heavy atom. The van der Waals surface area contributed by atoms with E-state index >= 15 is 0 Å². The number of hydrogen-bond acceptors (Lipinski definition) is 4. The zero-order chi connectivity index (χ0) is 14.3. The zero-order valence-electron chi connectivity index (χ0n) is 10.8. The van der Waals surface area contributed by atoms with Gasteiger partial charge in [-0.2, -0.15) is 0 Å². The summed E-state index contributed by atoms with van der Waals surface area (Å²) in [5, 5.41) is 15.6. The van der Waals surface area contributed by atoms with Gasteiger partial charge in [-0.3, -0.25) is 9.59 Å². The number of aliphatic hydroxyl groups excluding tert-OH is 1. The normalized spacial score (nSPS) is 9.68. The van der Waals surface area contributed by atoms with Crippen molar-refractivity contribution in [3.05, 3.63) is 21.9 Å². The molecule has 0 aliphatic rings. The van der Waals surface area contributed by atoms with E-state index in [1.54, 1.807) is 11.4 Å². The van der Waals surface area contributed by atoms with Crippen molar-refractivity contribution in [2.24, 2.45) is 0 Å². The lowest BCUT2D eigenvalue weighted by atomic mass is 10.2. The number of hydrogen-bond donors (Lipinski definition) is 3. The Kier molecular flexibility index (Phi) is 6.06. The number of aliphatic hydroxyl groups is 1. The molecule has 0 spiro atoms. The maximum atomic E-state index is 11.9. The highest BCUT2D eigenvalue weighted by Crippen LogP contribution is 2.15. The molecule has 0 saturated carbocycles. The molecule has 1 aromatic heterocycles.